The zero-order valence-electron chi connectivity index (χ0n) is 12.5. The average Bonchev–Trinajstić information content (AvgIpc) is 2.67. The Kier molecular flexibility index (Phi) is 5.08. The molecule has 0 unspecified atom stereocenters. The molecule has 11 nitrogen and oxygen atoms in total. The van der Waals surface area contributed by atoms with E-state index in [1.807, 2.05) is 0 Å². The minimum Gasteiger partial charge on any atom is -0.282 e. The molecule has 0 aliphatic heterocycles. The molecule has 0 bridgehead atoms. The van der Waals surface area contributed by atoms with Gasteiger partial charge in [0.15, 0.2) is 0 Å². The van der Waals surface area contributed by atoms with Crippen LogP contribution in [-0.2, 0) is 10.1 Å². The van der Waals surface area contributed by atoms with Gasteiger partial charge in [0.25, 0.3) is 10.1 Å². The molecule has 0 amide bonds. The maximum absolute atomic E-state index is 11.6. The van der Waals surface area contributed by atoms with Gasteiger partial charge in [-0.2, -0.15) is 28.4 Å². The Bertz CT molecular complexity index is 946. The SMILES string of the molecule is O=S(=O)(O)c1cc(N(Cl)c2ncncn2)cc(N(Cl)c2ncncn2)c1. The second-order valence-electron chi connectivity index (χ2n) is 4.60. The number of hydrogen-bond acceptors (Lipinski definition) is 10. The van der Waals surface area contributed by atoms with E-state index in [4.69, 9.17) is 23.6 Å². The number of halogens is 2. The Morgan fingerprint density at radius 1 is 0.769 bits per heavy atom. The largest absolute Gasteiger partial charge is 0.294 e. The summed E-state index contributed by atoms with van der Waals surface area (Å²) < 4.78 is 34.6. The van der Waals surface area contributed by atoms with E-state index in [1.165, 1.54) is 31.4 Å². The third-order valence-corrected chi connectivity index (χ3v) is 4.46. The fourth-order valence-electron chi connectivity index (χ4n) is 1.84. The highest BCUT2D eigenvalue weighted by Crippen LogP contribution is 2.34. The van der Waals surface area contributed by atoms with Crippen LogP contribution in [0.5, 0.6) is 0 Å². The van der Waals surface area contributed by atoms with E-state index < -0.39 is 15.0 Å². The lowest BCUT2D eigenvalue weighted by Crippen LogP contribution is -2.11. The first-order valence-corrected chi connectivity index (χ1v) is 8.76. The van der Waals surface area contributed by atoms with Crippen molar-refractivity contribution >= 4 is 56.9 Å². The van der Waals surface area contributed by atoms with Crippen molar-refractivity contribution in [2.75, 3.05) is 8.84 Å². The van der Waals surface area contributed by atoms with Crippen molar-refractivity contribution in [3.8, 4) is 0 Å². The normalized spacial score (nSPS) is 11.2. The summed E-state index contributed by atoms with van der Waals surface area (Å²) in [4.78, 5) is 22.3. The number of benzene rings is 1. The molecule has 0 fully saturated rings. The van der Waals surface area contributed by atoms with Crippen LogP contribution in [-0.4, -0.2) is 42.9 Å². The number of rotatable bonds is 5. The van der Waals surface area contributed by atoms with Crippen LogP contribution in [0.15, 0.2) is 48.4 Å². The highest BCUT2D eigenvalue weighted by Gasteiger charge is 2.20. The van der Waals surface area contributed by atoms with Gasteiger partial charge in [0.05, 0.1) is 16.3 Å². The van der Waals surface area contributed by atoms with Crippen molar-refractivity contribution in [1.29, 1.82) is 0 Å². The monoisotopic (exact) mass is 414 g/mol. The first kappa shape index (κ1) is 18.1. The molecule has 0 saturated carbocycles. The highest BCUT2D eigenvalue weighted by molar-refractivity contribution is 7.85. The van der Waals surface area contributed by atoms with Gasteiger partial charge in [0, 0.05) is 23.6 Å². The predicted molar refractivity (Wildman–Crippen MR) is 91.9 cm³/mol. The Morgan fingerprint density at radius 2 is 1.15 bits per heavy atom. The third kappa shape index (κ3) is 3.94. The number of aromatic nitrogens is 6. The molecule has 0 radical (unpaired) electrons. The minimum atomic E-state index is -4.56. The molecule has 3 rings (SSSR count). The molecule has 2 aromatic heterocycles. The topological polar surface area (TPSA) is 138 Å². The van der Waals surface area contributed by atoms with Crippen LogP contribution in [0, 0.1) is 0 Å². The van der Waals surface area contributed by atoms with E-state index in [1.54, 1.807) is 0 Å². The Hall–Kier alpha value is -2.67. The van der Waals surface area contributed by atoms with Crippen molar-refractivity contribution in [3.05, 3.63) is 43.5 Å². The first-order chi connectivity index (χ1) is 12.4. The fourth-order valence-corrected chi connectivity index (χ4v) is 2.75. The Balaban J connectivity index is 2.11. The first-order valence-electron chi connectivity index (χ1n) is 6.64. The quantitative estimate of drug-likeness (QED) is 0.483. The molecule has 1 aromatic carbocycles. The molecule has 14 heteroatoms. The molecule has 0 aliphatic carbocycles. The van der Waals surface area contributed by atoms with Crippen molar-refractivity contribution in [1.82, 2.24) is 29.9 Å². The molecule has 134 valence electrons. The van der Waals surface area contributed by atoms with Crippen molar-refractivity contribution in [2.45, 2.75) is 4.90 Å². The van der Waals surface area contributed by atoms with E-state index in [-0.39, 0.29) is 23.3 Å². The van der Waals surface area contributed by atoms with Gasteiger partial charge >= 0.3 is 0 Å². The second-order valence-corrected chi connectivity index (χ2v) is 6.70. The van der Waals surface area contributed by atoms with Crippen LogP contribution in [0.1, 0.15) is 0 Å². The minimum absolute atomic E-state index is 0.0291. The Labute approximate surface area is 157 Å². The van der Waals surface area contributed by atoms with Crippen LogP contribution in [0.2, 0.25) is 0 Å². The summed E-state index contributed by atoms with van der Waals surface area (Å²) in [6, 6.07) is 3.66. The lowest BCUT2D eigenvalue weighted by Gasteiger charge is -2.18. The third-order valence-electron chi connectivity index (χ3n) is 2.94. The summed E-state index contributed by atoms with van der Waals surface area (Å²) in [5, 5.41) is 0. The van der Waals surface area contributed by atoms with Crippen LogP contribution in [0.25, 0.3) is 0 Å². The lowest BCUT2D eigenvalue weighted by molar-refractivity contribution is 0.483. The lowest BCUT2D eigenvalue weighted by atomic mass is 10.2. The molecule has 0 aliphatic rings. The van der Waals surface area contributed by atoms with Crippen molar-refractivity contribution < 1.29 is 13.0 Å². The molecule has 1 N–H and O–H groups in total. The summed E-state index contributed by atoms with van der Waals surface area (Å²) in [5.74, 6) is 0.0581. The van der Waals surface area contributed by atoms with Crippen molar-refractivity contribution in [3.63, 3.8) is 0 Å². The maximum atomic E-state index is 11.6. The van der Waals surface area contributed by atoms with E-state index in [2.05, 4.69) is 29.9 Å². The summed E-state index contributed by atoms with van der Waals surface area (Å²) in [5.41, 5.74) is 0.227. The molecular weight excluding hydrogens is 407 g/mol. The zero-order chi connectivity index (χ0) is 18.7. The fraction of sp³-hybridized carbons (Fsp3) is 0. The van der Waals surface area contributed by atoms with Crippen LogP contribution < -0.4 is 8.84 Å². The Morgan fingerprint density at radius 3 is 1.50 bits per heavy atom. The summed E-state index contributed by atoms with van der Waals surface area (Å²) in [6.07, 6.45) is 4.85. The molecule has 26 heavy (non-hydrogen) atoms. The van der Waals surface area contributed by atoms with E-state index in [0.29, 0.717) is 0 Å². The van der Waals surface area contributed by atoms with Gasteiger partial charge in [0.2, 0.25) is 11.9 Å². The standard InChI is InChI=1S/C12H8Cl2N8O3S/c13-21(11-17-4-15-5-18-11)8-1-9(3-10(2-8)26(23,24)25)22(14)12-19-6-16-7-20-12/h1-7H,(H,23,24,25). The molecule has 3 aromatic rings. The zero-order valence-corrected chi connectivity index (χ0v) is 14.9. The number of hydrogen-bond donors (Lipinski definition) is 1. The van der Waals surface area contributed by atoms with E-state index in [9.17, 15) is 13.0 Å². The molecule has 0 spiro atoms. The molecule has 0 atom stereocenters. The van der Waals surface area contributed by atoms with E-state index in [0.717, 1.165) is 21.0 Å². The highest BCUT2D eigenvalue weighted by atomic mass is 35.5. The van der Waals surface area contributed by atoms with Gasteiger partial charge in [-0.25, -0.2) is 18.8 Å². The van der Waals surface area contributed by atoms with Crippen LogP contribution in [0.4, 0.5) is 23.3 Å². The van der Waals surface area contributed by atoms with Gasteiger partial charge in [-0.3, -0.25) is 4.55 Å². The summed E-state index contributed by atoms with van der Waals surface area (Å²) in [7, 11) is -4.56. The average molecular weight is 415 g/mol. The van der Waals surface area contributed by atoms with Gasteiger partial charge in [0.1, 0.15) is 25.3 Å². The van der Waals surface area contributed by atoms with Gasteiger partial charge in [-0.1, -0.05) is 0 Å². The maximum Gasteiger partial charge on any atom is 0.294 e. The van der Waals surface area contributed by atoms with Crippen molar-refractivity contribution in [2.24, 2.45) is 0 Å². The van der Waals surface area contributed by atoms with Gasteiger partial charge in [-0.15, -0.1) is 0 Å². The van der Waals surface area contributed by atoms with Gasteiger partial charge in [-0.05, 0) is 18.2 Å². The van der Waals surface area contributed by atoms with Crippen LogP contribution in [0.3, 0.4) is 0 Å². The second kappa shape index (κ2) is 7.29. The molecular formula is C12H8Cl2N8O3S. The smallest absolute Gasteiger partial charge is 0.282 e. The van der Waals surface area contributed by atoms with E-state index >= 15 is 0 Å². The summed E-state index contributed by atoms with van der Waals surface area (Å²) in [6.45, 7) is 0. The van der Waals surface area contributed by atoms with Gasteiger partial charge < -0.3 is 0 Å². The molecule has 0 saturated heterocycles. The molecule has 2 heterocycles. The van der Waals surface area contributed by atoms with Crippen LogP contribution >= 0.6 is 23.6 Å². The summed E-state index contributed by atoms with van der Waals surface area (Å²) >= 11 is 12.4. The number of nitrogens with zero attached hydrogens (tertiary/aromatic N) is 8. The predicted octanol–water partition coefficient (Wildman–Crippen LogP) is 1.89. The number of anilines is 4.